The van der Waals surface area contributed by atoms with Crippen LogP contribution in [-0.4, -0.2) is 18.7 Å². The first-order valence-electron chi connectivity index (χ1n) is 9.74. The normalized spacial score (nSPS) is 10.8. The van der Waals surface area contributed by atoms with Crippen LogP contribution >= 0.6 is 23.2 Å². The van der Waals surface area contributed by atoms with E-state index in [0.29, 0.717) is 34.6 Å². The van der Waals surface area contributed by atoms with E-state index in [1.54, 1.807) is 24.3 Å². The summed E-state index contributed by atoms with van der Waals surface area (Å²) in [5.74, 6) is 1.13. The molecule has 0 aliphatic heterocycles. The van der Waals surface area contributed by atoms with Gasteiger partial charge < -0.3 is 9.47 Å². The fourth-order valence-electron chi connectivity index (χ4n) is 2.81. The Morgan fingerprint density at radius 3 is 2.48 bits per heavy atom. The molecule has 0 bridgehead atoms. The van der Waals surface area contributed by atoms with Gasteiger partial charge in [-0.3, -0.25) is 4.79 Å². The fraction of sp³-hybridized carbons (Fsp3) is 0.167. The Hall–Kier alpha value is -3.02. The number of carbonyl (C=O) groups is 1. The maximum absolute atomic E-state index is 12.2. The average Bonchev–Trinajstić information content (AvgIpc) is 2.75. The third kappa shape index (κ3) is 7.31. The minimum atomic E-state index is -0.233. The molecule has 0 aliphatic carbocycles. The summed E-state index contributed by atoms with van der Waals surface area (Å²) < 4.78 is 11.3. The van der Waals surface area contributed by atoms with Crippen LogP contribution in [-0.2, 0) is 17.8 Å². The van der Waals surface area contributed by atoms with Crippen molar-refractivity contribution in [2.24, 2.45) is 5.10 Å². The number of halogens is 2. The monoisotopic (exact) mass is 456 g/mol. The second-order valence-corrected chi connectivity index (χ2v) is 7.52. The van der Waals surface area contributed by atoms with Gasteiger partial charge in [0.1, 0.15) is 18.1 Å². The number of amides is 1. The number of ether oxygens (including phenoxy) is 2. The van der Waals surface area contributed by atoms with Gasteiger partial charge in [-0.1, -0.05) is 47.5 Å². The Kier molecular flexibility index (Phi) is 8.33. The topological polar surface area (TPSA) is 59.9 Å². The minimum Gasteiger partial charge on any atom is -0.494 e. The van der Waals surface area contributed by atoms with E-state index < -0.39 is 0 Å². The van der Waals surface area contributed by atoms with Crippen LogP contribution in [0.4, 0.5) is 0 Å². The number of nitrogens with zero attached hydrogens (tertiary/aromatic N) is 1. The Morgan fingerprint density at radius 2 is 1.74 bits per heavy atom. The van der Waals surface area contributed by atoms with Crippen LogP contribution in [0.2, 0.25) is 10.0 Å². The zero-order valence-corrected chi connectivity index (χ0v) is 18.5. The SMILES string of the molecule is CCOc1ccc(CC(=O)N/N=C/c2cc(Cl)ccc2OCc2cccc(Cl)c2)cc1. The first-order valence-corrected chi connectivity index (χ1v) is 10.5. The summed E-state index contributed by atoms with van der Waals surface area (Å²) >= 11 is 12.1. The van der Waals surface area contributed by atoms with Gasteiger partial charge in [-0.25, -0.2) is 5.43 Å². The molecule has 3 aromatic carbocycles. The highest BCUT2D eigenvalue weighted by molar-refractivity contribution is 6.31. The van der Waals surface area contributed by atoms with Crippen molar-refractivity contribution in [3.8, 4) is 11.5 Å². The molecule has 3 rings (SSSR count). The Balaban J connectivity index is 1.59. The molecule has 0 saturated heterocycles. The van der Waals surface area contributed by atoms with Gasteiger partial charge in [0.15, 0.2) is 0 Å². The van der Waals surface area contributed by atoms with Gasteiger partial charge in [-0.05, 0) is 60.5 Å². The quantitative estimate of drug-likeness (QED) is 0.333. The highest BCUT2D eigenvalue weighted by atomic mass is 35.5. The molecular formula is C24H22Cl2N2O3. The summed E-state index contributed by atoms with van der Waals surface area (Å²) in [6.45, 7) is 2.86. The van der Waals surface area contributed by atoms with Gasteiger partial charge in [0.05, 0.1) is 19.2 Å². The Morgan fingerprint density at radius 1 is 0.968 bits per heavy atom. The third-order valence-corrected chi connectivity index (χ3v) is 4.72. The van der Waals surface area contributed by atoms with Crippen LogP contribution in [0, 0.1) is 0 Å². The summed E-state index contributed by atoms with van der Waals surface area (Å²) in [7, 11) is 0. The summed E-state index contributed by atoms with van der Waals surface area (Å²) in [5.41, 5.74) is 4.98. The van der Waals surface area contributed by atoms with Crippen LogP contribution < -0.4 is 14.9 Å². The molecular weight excluding hydrogens is 435 g/mol. The van der Waals surface area contributed by atoms with Gasteiger partial charge in [-0.15, -0.1) is 0 Å². The molecule has 1 amide bonds. The number of hydrogen-bond acceptors (Lipinski definition) is 4. The number of nitrogens with one attached hydrogen (secondary N) is 1. The summed E-state index contributed by atoms with van der Waals surface area (Å²) in [4.78, 5) is 12.2. The number of benzene rings is 3. The van der Waals surface area contributed by atoms with E-state index >= 15 is 0 Å². The lowest BCUT2D eigenvalue weighted by Gasteiger charge is -2.10. The third-order valence-electron chi connectivity index (χ3n) is 4.25. The molecule has 1 N–H and O–H groups in total. The first-order chi connectivity index (χ1) is 15.0. The van der Waals surface area contributed by atoms with Crippen LogP contribution in [0.15, 0.2) is 71.8 Å². The van der Waals surface area contributed by atoms with Crippen molar-refractivity contribution in [2.75, 3.05) is 6.61 Å². The summed E-state index contributed by atoms with van der Waals surface area (Å²) in [5, 5.41) is 5.23. The van der Waals surface area contributed by atoms with Crippen molar-refractivity contribution >= 4 is 35.3 Å². The van der Waals surface area contributed by atoms with E-state index in [1.165, 1.54) is 6.21 Å². The summed E-state index contributed by atoms with van der Waals surface area (Å²) in [6.07, 6.45) is 1.71. The highest BCUT2D eigenvalue weighted by Crippen LogP contribution is 2.23. The Bertz CT molecular complexity index is 1050. The zero-order valence-electron chi connectivity index (χ0n) is 17.0. The van der Waals surface area contributed by atoms with E-state index in [0.717, 1.165) is 16.9 Å². The zero-order chi connectivity index (χ0) is 22.1. The van der Waals surface area contributed by atoms with Gasteiger partial charge in [0.2, 0.25) is 5.91 Å². The molecule has 3 aromatic rings. The predicted octanol–water partition coefficient (Wildman–Crippen LogP) is 5.66. The molecule has 0 aliphatic rings. The van der Waals surface area contributed by atoms with Crippen LogP contribution in [0.1, 0.15) is 23.6 Å². The Labute approximate surface area is 191 Å². The second-order valence-electron chi connectivity index (χ2n) is 6.65. The van der Waals surface area contributed by atoms with Crippen LogP contribution in [0.25, 0.3) is 0 Å². The van der Waals surface area contributed by atoms with Gasteiger partial charge in [-0.2, -0.15) is 5.10 Å². The van der Waals surface area contributed by atoms with Crippen molar-refractivity contribution in [1.82, 2.24) is 5.43 Å². The molecule has 0 radical (unpaired) electrons. The van der Waals surface area contributed by atoms with Gasteiger partial charge in [0.25, 0.3) is 0 Å². The standard InChI is InChI=1S/C24H22Cl2N2O3/c1-2-30-22-9-6-17(7-10-22)13-24(29)28-27-15-19-14-21(26)8-11-23(19)31-16-18-4-3-5-20(25)12-18/h3-12,14-15H,2,13,16H2,1H3,(H,28,29)/b27-15+. The number of hydrazone groups is 1. The minimum absolute atomic E-state index is 0.206. The largest absolute Gasteiger partial charge is 0.494 e. The van der Waals surface area contributed by atoms with E-state index in [4.69, 9.17) is 32.7 Å². The van der Waals surface area contributed by atoms with Crippen LogP contribution in [0.5, 0.6) is 11.5 Å². The molecule has 31 heavy (non-hydrogen) atoms. The van der Waals surface area contributed by atoms with Crippen molar-refractivity contribution in [3.05, 3.63) is 93.5 Å². The first kappa shape index (κ1) is 22.7. The maximum atomic E-state index is 12.2. The van der Waals surface area contributed by atoms with Crippen molar-refractivity contribution in [2.45, 2.75) is 20.0 Å². The van der Waals surface area contributed by atoms with Crippen LogP contribution in [0.3, 0.4) is 0 Å². The fourth-order valence-corrected chi connectivity index (χ4v) is 3.20. The summed E-state index contributed by atoms with van der Waals surface area (Å²) in [6, 6.07) is 20.0. The molecule has 0 saturated carbocycles. The van der Waals surface area contributed by atoms with Crippen molar-refractivity contribution in [1.29, 1.82) is 0 Å². The molecule has 0 unspecified atom stereocenters. The van der Waals surface area contributed by atoms with E-state index in [1.807, 2.05) is 49.4 Å². The number of carbonyl (C=O) groups excluding carboxylic acids is 1. The predicted molar refractivity (Wildman–Crippen MR) is 124 cm³/mol. The molecule has 0 aromatic heterocycles. The van der Waals surface area contributed by atoms with E-state index in [-0.39, 0.29) is 12.3 Å². The van der Waals surface area contributed by atoms with Crippen molar-refractivity contribution < 1.29 is 14.3 Å². The lowest BCUT2D eigenvalue weighted by Crippen LogP contribution is -2.19. The molecule has 7 heteroatoms. The molecule has 0 atom stereocenters. The number of rotatable bonds is 9. The maximum Gasteiger partial charge on any atom is 0.244 e. The van der Waals surface area contributed by atoms with Gasteiger partial charge in [0, 0.05) is 15.6 Å². The van der Waals surface area contributed by atoms with Crippen molar-refractivity contribution in [3.63, 3.8) is 0 Å². The average molecular weight is 457 g/mol. The lowest BCUT2D eigenvalue weighted by atomic mass is 10.1. The molecule has 5 nitrogen and oxygen atoms in total. The second kappa shape index (κ2) is 11.4. The smallest absolute Gasteiger partial charge is 0.244 e. The number of hydrogen-bond donors (Lipinski definition) is 1. The lowest BCUT2D eigenvalue weighted by molar-refractivity contribution is -0.120. The molecule has 0 fully saturated rings. The molecule has 0 heterocycles. The van der Waals surface area contributed by atoms with E-state index in [2.05, 4.69) is 10.5 Å². The molecule has 160 valence electrons. The highest BCUT2D eigenvalue weighted by Gasteiger charge is 2.06. The van der Waals surface area contributed by atoms with Gasteiger partial charge >= 0.3 is 0 Å². The molecule has 0 spiro atoms. The van der Waals surface area contributed by atoms with E-state index in [9.17, 15) is 4.79 Å².